The lowest BCUT2D eigenvalue weighted by Gasteiger charge is -2.31. The van der Waals surface area contributed by atoms with Gasteiger partial charge in [0.25, 0.3) is 0 Å². The highest BCUT2D eigenvalue weighted by atomic mass is 32.1. The van der Waals surface area contributed by atoms with Gasteiger partial charge in [-0.15, -0.1) is 0 Å². The van der Waals surface area contributed by atoms with Crippen molar-refractivity contribution >= 4 is 28.5 Å². The first kappa shape index (κ1) is 22.0. The number of rotatable bonds is 9. The van der Waals surface area contributed by atoms with Crippen LogP contribution in [0, 0.1) is 5.92 Å². The Balaban J connectivity index is 1.39. The predicted octanol–water partition coefficient (Wildman–Crippen LogP) is 2.84. The third-order valence-corrected chi connectivity index (χ3v) is 6.52. The molecule has 4 rings (SSSR count). The van der Waals surface area contributed by atoms with E-state index in [9.17, 15) is 9.59 Å². The summed E-state index contributed by atoms with van der Waals surface area (Å²) in [5, 5.41) is 0.771. The number of hydrogen-bond donors (Lipinski definition) is 1. The number of anilines is 1. The molecule has 0 atom stereocenters. The molecule has 1 aliphatic rings. The van der Waals surface area contributed by atoms with Crippen molar-refractivity contribution in [3.05, 3.63) is 65.9 Å². The second-order valence-electron chi connectivity index (χ2n) is 7.96. The number of piperidine rings is 1. The molecule has 8 nitrogen and oxygen atoms in total. The summed E-state index contributed by atoms with van der Waals surface area (Å²) in [6.45, 7) is 2.18. The summed E-state index contributed by atoms with van der Waals surface area (Å²) < 4.78 is 10.0. The van der Waals surface area contributed by atoms with Crippen molar-refractivity contribution in [2.45, 2.75) is 32.2 Å². The summed E-state index contributed by atoms with van der Waals surface area (Å²) in [7, 11) is 0. The van der Waals surface area contributed by atoms with Crippen LogP contribution in [0.3, 0.4) is 0 Å². The second kappa shape index (κ2) is 10.4. The normalized spacial score (nSPS) is 14.4. The number of carbonyl (C=O) groups excluding carboxylic acids is 2. The second-order valence-corrected chi connectivity index (χ2v) is 8.69. The minimum atomic E-state index is -0.274. The van der Waals surface area contributed by atoms with Gasteiger partial charge in [-0.1, -0.05) is 30.3 Å². The molecule has 0 saturated carbocycles. The quantitative estimate of drug-likeness (QED) is 0.534. The highest BCUT2D eigenvalue weighted by Gasteiger charge is 2.26. The van der Waals surface area contributed by atoms with E-state index in [-0.39, 0.29) is 17.7 Å². The molecule has 1 aliphatic heterocycles. The molecule has 32 heavy (non-hydrogen) atoms. The van der Waals surface area contributed by atoms with Gasteiger partial charge in [0.05, 0.1) is 12.8 Å². The van der Waals surface area contributed by atoms with E-state index in [0.717, 1.165) is 22.3 Å². The fraction of sp³-hybridized carbons (Fsp3) is 0.391. The number of benzene rings is 1. The number of likely N-dealkylation sites (tertiary alicyclic amines) is 1. The van der Waals surface area contributed by atoms with Gasteiger partial charge < -0.3 is 20.0 Å². The first-order chi connectivity index (χ1) is 15.6. The summed E-state index contributed by atoms with van der Waals surface area (Å²) in [5.74, 6) is 1.25. The van der Waals surface area contributed by atoms with E-state index in [2.05, 4.69) is 16.5 Å². The molecule has 3 heterocycles. The van der Waals surface area contributed by atoms with Crippen LogP contribution in [0.1, 0.15) is 36.4 Å². The molecule has 1 saturated heterocycles. The lowest BCUT2D eigenvalue weighted by atomic mass is 9.96. The molecular weight excluding hydrogens is 426 g/mol. The summed E-state index contributed by atoms with van der Waals surface area (Å²) in [6.07, 6.45) is 3.94. The van der Waals surface area contributed by atoms with Crippen LogP contribution in [0.5, 0.6) is 0 Å². The number of primary amides is 1. The van der Waals surface area contributed by atoms with Gasteiger partial charge in [0, 0.05) is 49.9 Å². The molecule has 0 bridgehead atoms. The highest BCUT2D eigenvalue weighted by Crippen LogP contribution is 2.23. The molecule has 2 N–H and O–H groups in total. The molecule has 0 unspecified atom stereocenters. The summed E-state index contributed by atoms with van der Waals surface area (Å²) in [6, 6.07) is 13.9. The van der Waals surface area contributed by atoms with E-state index >= 15 is 0 Å². The zero-order valence-electron chi connectivity index (χ0n) is 17.9. The van der Waals surface area contributed by atoms with E-state index in [0.29, 0.717) is 51.9 Å². The van der Waals surface area contributed by atoms with Crippen molar-refractivity contribution in [2.24, 2.45) is 11.7 Å². The molecule has 2 aromatic heterocycles. The molecule has 1 aromatic carbocycles. The van der Waals surface area contributed by atoms with Crippen LogP contribution in [0.4, 0.5) is 5.13 Å². The van der Waals surface area contributed by atoms with Gasteiger partial charge in [-0.2, -0.15) is 4.37 Å². The minimum Gasteiger partial charge on any atom is -0.467 e. The maximum Gasteiger partial charge on any atom is 0.224 e. The molecule has 3 aromatic rings. The van der Waals surface area contributed by atoms with Gasteiger partial charge in [0.15, 0.2) is 0 Å². The van der Waals surface area contributed by atoms with Gasteiger partial charge in [0.2, 0.25) is 16.9 Å². The number of nitrogens with zero attached hydrogens (tertiary/aromatic N) is 4. The van der Waals surface area contributed by atoms with Gasteiger partial charge in [-0.25, -0.2) is 4.98 Å². The first-order valence-corrected chi connectivity index (χ1v) is 11.6. The average Bonchev–Trinajstić information content (AvgIpc) is 3.49. The molecule has 0 aliphatic carbocycles. The fourth-order valence-corrected chi connectivity index (χ4v) is 4.57. The zero-order valence-corrected chi connectivity index (χ0v) is 18.7. The third-order valence-electron chi connectivity index (χ3n) is 5.71. The lowest BCUT2D eigenvalue weighted by molar-refractivity contribution is -0.134. The number of nitrogens with two attached hydrogens (primary N) is 1. The van der Waals surface area contributed by atoms with Crippen molar-refractivity contribution < 1.29 is 14.0 Å². The van der Waals surface area contributed by atoms with E-state index in [1.165, 1.54) is 11.5 Å². The highest BCUT2D eigenvalue weighted by molar-refractivity contribution is 7.09. The fourth-order valence-electron chi connectivity index (χ4n) is 3.86. The topological polar surface area (TPSA) is 106 Å². The Kier molecular flexibility index (Phi) is 7.16. The van der Waals surface area contributed by atoms with Crippen LogP contribution >= 0.6 is 11.5 Å². The van der Waals surface area contributed by atoms with Crippen LogP contribution in [0.2, 0.25) is 0 Å². The van der Waals surface area contributed by atoms with Crippen LogP contribution in [-0.4, -0.2) is 45.7 Å². The predicted molar refractivity (Wildman–Crippen MR) is 122 cm³/mol. The summed E-state index contributed by atoms with van der Waals surface area (Å²) in [5.41, 5.74) is 6.55. The van der Waals surface area contributed by atoms with Crippen LogP contribution in [-0.2, 0) is 22.6 Å². The summed E-state index contributed by atoms with van der Waals surface area (Å²) in [4.78, 5) is 32.7. The SMILES string of the molecule is NC(=O)C1CCN(C(=O)CCN(Cc2ccco2)c2nc(Cc3ccccc3)ns2)CC1. The number of aromatic nitrogens is 2. The lowest BCUT2D eigenvalue weighted by Crippen LogP contribution is -2.42. The van der Waals surface area contributed by atoms with Crippen molar-refractivity contribution in [1.29, 1.82) is 0 Å². The molecule has 2 amide bonds. The monoisotopic (exact) mass is 453 g/mol. The number of carbonyl (C=O) groups is 2. The molecule has 1 fully saturated rings. The Labute approximate surface area is 191 Å². The van der Waals surface area contributed by atoms with Crippen LogP contribution in [0.15, 0.2) is 53.1 Å². The van der Waals surface area contributed by atoms with Gasteiger partial charge in [0.1, 0.15) is 11.6 Å². The Morgan fingerprint density at radius 3 is 2.62 bits per heavy atom. The molecule has 0 radical (unpaired) electrons. The van der Waals surface area contributed by atoms with Gasteiger partial charge >= 0.3 is 0 Å². The molecular formula is C23H27N5O3S. The van der Waals surface area contributed by atoms with Crippen molar-refractivity contribution in [2.75, 3.05) is 24.5 Å². The minimum absolute atomic E-state index is 0.0754. The van der Waals surface area contributed by atoms with Crippen molar-refractivity contribution in [3.8, 4) is 0 Å². The standard InChI is InChI=1S/C23H27N5O3S/c24-22(30)18-8-11-27(12-9-18)21(29)10-13-28(16-19-7-4-14-31-19)23-25-20(26-32-23)15-17-5-2-1-3-6-17/h1-7,14,18H,8-13,15-16H2,(H2,24,30). The number of hydrogen-bond acceptors (Lipinski definition) is 7. The number of amides is 2. The number of furan rings is 1. The maximum absolute atomic E-state index is 12.8. The van der Waals surface area contributed by atoms with Gasteiger partial charge in [-0.3, -0.25) is 9.59 Å². The van der Waals surface area contributed by atoms with E-state index in [1.54, 1.807) is 6.26 Å². The van der Waals surface area contributed by atoms with Gasteiger partial charge in [-0.05, 0) is 30.5 Å². The van der Waals surface area contributed by atoms with E-state index in [1.807, 2.05) is 40.1 Å². The molecule has 168 valence electrons. The Morgan fingerprint density at radius 2 is 1.94 bits per heavy atom. The van der Waals surface area contributed by atoms with Crippen LogP contribution in [0.25, 0.3) is 0 Å². The first-order valence-electron chi connectivity index (χ1n) is 10.8. The average molecular weight is 454 g/mol. The third kappa shape index (κ3) is 5.73. The Hall–Kier alpha value is -3.20. The van der Waals surface area contributed by atoms with Crippen molar-refractivity contribution in [3.63, 3.8) is 0 Å². The Bertz CT molecular complexity index is 1010. The maximum atomic E-state index is 12.8. The zero-order chi connectivity index (χ0) is 22.3. The largest absolute Gasteiger partial charge is 0.467 e. The molecule has 0 spiro atoms. The van der Waals surface area contributed by atoms with Crippen molar-refractivity contribution in [1.82, 2.24) is 14.3 Å². The van der Waals surface area contributed by atoms with E-state index < -0.39 is 0 Å². The Morgan fingerprint density at radius 1 is 1.16 bits per heavy atom. The van der Waals surface area contributed by atoms with E-state index in [4.69, 9.17) is 15.1 Å². The molecule has 9 heteroatoms. The summed E-state index contributed by atoms with van der Waals surface area (Å²) >= 11 is 1.34. The smallest absolute Gasteiger partial charge is 0.224 e. The van der Waals surface area contributed by atoms with Crippen LogP contribution < -0.4 is 10.6 Å².